The number of hydrogen-bond acceptors (Lipinski definition) is 2. The lowest BCUT2D eigenvalue weighted by molar-refractivity contribution is 0.402. The zero-order valence-corrected chi connectivity index (χ0v) is 6.78. The van der Waals surface area contributed by atoms with Crippen LogP contribution in [0.5, 0.6) is 0 Å². The van der Waals surface area contributed by atoms with Gasteiger partial charge in [0.2, 0.25) is 0 Å². The first kappa shape index (κ1) is 7.99. The van der Waals surface area contributed by atoms with E-state index < -0.39 is 0 Å². The van der Waals surface area contributed by atoms with E-state index in [0.717, 1.165) is 5.76 Å². The molecule has 0 aromatic carbocycles. The predicted octanol–water partition coefficient (Wildman–Crippen LogP) is 2.12. The molecule has 1 aliphatic rings. The predicted molar refractivity (Wildman–Crippen MR) is 45.8 cm³/mol. The van der Waals surface area contributed by atoms with Gasteiger partial charge in [0.1, 0.15) is 12.0 Å². The summed E-state index contributed by atoms with van der Waals surface area (Å²) in [7, 11) is -0.139. The van der Waals surface area contributed by atoms with Crippen molar-refractivity contribution in [3.05, 3.63) is 36.3 Å². The van der Waals surface area contributed by atoms with E-state index in [4.69, 9.17) is 9.31 Å². The summed E-state index contributed by atoms with van der Waals surface area (Å²) < 4.78 is 10.3. The molecule has 0 fully saturated rings. The Hall–Kier alpha value is -1.12. The van der Waals surface area contributed by atoms with E-state index in [1.54, 1.807) is 6.26 Å². The van der Waals surface area contributed by atoms with Gasteiger partial charge in [-0.25, -0.2) is 0 Å². The average molecular weight is 150 g/mol. The second-order valence-electron chi connectivity index (χ2n) is 2.23. The lowest BCUT2D eigenvalue weighted by Gasteiger charge is -1.96. The van der Waals surface area contributed by atoms with Gasteiger partial charge in [-0.05, 0) is 19.8 Å². The van der Waals surface area contributed by atoms with Gasteiger partial charge in [0.25, 0.3) is 0 Å². The van der Waals surface area contributed by atoms with E-state index in [1.807, 2.05) is 38.1 Å². The molecule has 0 saturated heterocycles. The Morgan fingerprint density at radius 3 is 2.82 bits per heavy atom. The smallest absolute Gasteiger partial charge is 0.529 e. The van der Waals surface area contributed by atoms with Gasteiger partial charge in [-0.1, -0.05) is 18.2 Å². The molecule has 0 bridgehead atoms. The largest absolute Gasteiger partial charge is 0.591 e. The molecule has 0 amide bonds. The van der Waals surface area contributed by atoms with Crippen LogP contribution in [0.15, 0.2) is 36.3 Å². The van der Waals surface area contributed by atoms with E-state index >= 15 is 0 Å². The number of rotatable bonds is 2. The molecule has 58 valence electrons. The minimum Gasteiger partial charge on any atom is -0.529 e. The van der Waals surface area contributed by atoms with Gasteiger partial charge < -0.3 is 9.31 Å². The van der Waals surface area contributed by atoms with Crippen LogP contribution in [0.1, 0.15) is 6.92 Å². The Labute approximate surface area is 67.3 Å². The molecule has 2 nitrogen and oxygen atoms in total. The molecular formula is C8H11BO2. The fourth-order valence-corrected chi connectivity index (χ4v) is 0.750. The van der Waals surface area contributed by atoms with Gasteiger partial charge in [0.05, 0.1) is 0 Å². The quantitative estimate of drug-likeness (QED) is 0.443. The summed E-state index contributed by atoms with van der Waals surface area (Å²) >= 11 is 0. The van der Waals surface area contributed by atoms with Crippen LogP contribution in [0.3, 0.4) is 0 Å². The average Bonchev–Trinajstić information content (AvgIpc) is 2.37. The van der Waals surface area contributed by atoms with Crippen LogP contribution >= 0.6 is 0 Å². The fraction of sp³-hybridized carbons (Fsp3) is 0.250. The van der Waals surface area contributed by atoms with Crippen LogP contribution in [0, 0.1) is 0 Å². The van der Waals surface area contributed by atoms with Crippen molar-refractivity contribution in [2.24, 2.45) is 0 Å². The molecule has 0 aromatic rings. The third-order valence-corrected chi connectivity index (χ3v) is 1.24. The van der Waals surface area contributed by atoms with Gasteiger partial charge in [0, 0.05) is 0 Å². The zero-order valence-electron chi connectivity index (χ0n) is 6.78. The van der Waals surface area contributed by atoms with Crippen molar-refractivity contribution < 1.29 is 9.31 Å². The Morgan fingerprint density at radius 1 is 1.45 bits per heavy atom. The van der Waals surface area contributed by atoms with Crippen molar-refractivity contribution in [3.8, 4) is 0 Å². The molecule has 0 spiro atoms. The summed E-state index contributed by atoms with van der Waals surface area (Å²) in [6, 6.07) is 0. The Morgan fingerprint density at radius 2 is 2.27 bits per heavy atom. The van der Waals surface area contributed by atoms with Gasteiger partial charge in [-0.3, -0.25) is 0 Å². The highest BCUT2D eigenvalue weighted by molar-refractivity contribution is 6.43. The highest BCUT2D eigenvalue weighted by atomic mass is 16.6. The molecule has 3 heteroatoms. The number of allylic oxidation sites excluding steroid dienone is 4. The fourth-order valence-electron chi connectivity index (χ4n) is 0.750. The summed E-state index contributed by atoms with van der Waals surface area (Å²) in [6.07, 6.45) is 9.28. The molecule has 0 radical (unpaired) electrons. The maximum Gasteiger partial charge on any atom is 0.591 e. The second kappa shape index (κ2) is 3.91. The molecule has 0 aliphatic carbocycles. The zero-order chi connectivity index (χ0) is 8.10. The molecule has 1 rings (SSSR count). The first-order chi connectivity index (χ1) is 5.33. The molecule has 1 heterocycles. The van der Waals surface area contributed by atoms with Crippen LogP contribution in [0.4, 0.5) is 0 Å². The lowest BCUT2D eigenvalue weighted by atomic mass is 9.97. The maximum absolute atomic E-state index is 5.23. The van der Waals surface area contributed by atoms with E-state index in [-0.39, 0.29) is 7.12 Å². The van der Waals surface area contributed by atoms with Gasteiger partial charge in [-0.15, -0.1) is 0 Å². The normalized spacial score (nSPS) is 17.3. The Kier molecular flexibility index (Phi) is 2.84. The van der Waals surface area contributed by atoms with E-state index in [1.165, 1.54) is 0 Å². The standard InChI is InChI=1S/C8H11BO2/c1-3-4-5-6-8-7-10-9(2)11-8/h3-7H,1-2H3. The van der Waals surface area contributed by atoms with Crippen molar-refractivity contribution in [3.63, 3.8) is 0 Å². The van der Waals surface area contributed by atoms with Crippen molar-refractivity contribution in [1.29, 1.82) is 0 Å². The van der Waals surface area contributed by atoms with Crippen LogP contribution in [0.25, 0.3) is 0 Å². The first-order valence-corrected chi connectivity index (χ1v) is 3.64. The Bertz CT molecular complexity index is 206. The van der Waals surface area contributed by atoms with Gasteiger partial charge >= 0.3 is 7.12 Å². The maximum atomic E-state index is 5.23. The molecule has 11 heavy (non-hydrogen) atoms. The SMILES string of the molecule is CC=CC=CC1=COB(C)O1. The summed E-state index contributed by atoms with van der Waals surface area (Å²) in [5.74, 6) is 0.774. The van der Waals surface area contributed by atoms with Gasteiger partial charge in [0.15, 0.2) is 0 Å². The summed E-state index contributed by atoms with van der Waals surface area (Å²) in [6.45, 7) is 3.82. The van der Waals surface area contributed by atoms with E-state index in [0.29, 0.717) is 0 Å². The lowest BCUT2D eigenvalue weighted by Crippen LogP contribution is -2.06. The van der Waals surface area contributed by atoms with Crippen LogP contribution < -0.4 is 0 Å². The van der Waals surface area contributed by atoms with Crippen molar-refractivity contribution in [1.82, 2.24) is 0 Å². The summed E-state index contributed by atoms with van der Waals surface area (Å²) in [5.41, 5.74) is 0. The third kappa shape index (κ3) is 2.54. The molecule has 0 unspecified atom stereocenters. The Balaban J connectivity index is 2.39. The molecule has 1 aliphatic heterocycles. The first-order valence-electron chi connectivity index (χ1n) is 3.64. The molecule has 0 saturated carbocycles. The highest BCUT2D eigenvalue weighted by Crippen LogP contribution is 2.11. The van der Waals surface area contributed by atoms with Crippen LogP contribution in [-0.2, 0) is 9.31 Å². The van der Waals surface area contributed by atoms with Crippen molar-refractivity contribution in [2.75, 3.05) is 0 Å². The van der Waals surface area contributed by atoms with Crippen LogP contribution in [-0.4, -0.2) is 7.12 Å². The molecule has 0 aromatic heterocycles. The second-order valence-corrected chi connectivity index (χ2v) is 2.23. The molecule has 0 atom stereocenters. The summed E-state index contributed by atoms with van der Waals surface area (Å²) in [5, 5.41) is 0. The van der Waals surface area contributed by atoms with Crippen molar-refractivity contribution >= 4 is 7.12 Å². The minimum absolute atomic E-state index is 0.139. The van der Waals surface area contributed by atoms with E-state index in [2.05, 4.69) is 0 Å². The molecule has 0 N–H and O–H groups in total. The van der Waals surface area contributed by atoms with E-state index in [9.17, 15) is 0 Å². The third-order valence-electron chi connectivity index (χ3n) is 1.24. The highest BCUT2D eigenvalue weighted by Gasteiger charge is 2.19. The summed E-state index contributed by atoms with van der Waals surface area (Å²) in [4.78, 5) is 0. The topological polar surface area (TPSA) is 18.5 Å². The van der Waals surface area contributed by atoms with Gasteiger partial charge in [-0.2, -0.15) is 0 Å². The van der Waals surface area contributed by atoms with Crippen LogP contribution in [0.2, 0.25) is 6.82 Å². The minimum atomic E-state index is -0.139. The molecular weight excluding hydrogens is 139 g/mol. The number of hydrogen-bond donors (Lipinski definition) is 0. The monoisotopic (exact) mass is 150 g/mol. The van der Waals surface area contributed by atoms with Crippen molar-refractivity contribution in [2.45, 2.75) is 13.7 Å².